The number of aryl methyl sites for hydroxylation is 1. The maximum absolute atomic E-state index is 8.49. The van der Waals surface area contributed by atoms with E-state index in [-0.39, 0.29) is 0 Å². The Morgan fingerprint density at radius 2 is 1.96 bits per heavy atom. The van der Waals surface area contributed by atoms with Crippen LogP contribution in [0.2, 0.25) is 0 Å². The molecule has 1 aromatic carbocycles. The Bertz CT molecular complexity index is 826. The maximum atomic E-state index is 8.49. The van der Waals surface area contributed by atoms with Gasteiger partial charge in [0.1, 0.15) is 10.8 Å². The summed E-state index contributed by atoms with van der Waals surface area (Å²) in [7, 11) is 0. The van der Waals surface area contributed by atoms with Crippen molar-refractivity contribution in [2.75, 3.05) is 6.61 Å². The second-order valence-corrected chi connectivity index (χ2v) is 6.20. The van der Waals surface area contributed by atoms with Crippen LogP contribution in [0.5, 0.6) is 5.75 Å². The van der Waals surface area contributed by atoms with Crippen LogP contribution in [0.3, 0.4) is 0 Å². The third kappa shape index (κ3) is 5.11. The zero-order valence-corrected chi connectivity index (χ0v) is 14.4. The number of aromatic nitrogens is 2. The number of ether oxygens (including phenoxy) is 2. The lowest BCUT2D eigenvalue weighted by atomic mass is 10.2. The molecule has 0 fully saturated rings. The minimum Gasteiger partial charge on any atom is -0.388 e. The number of hydrogen-bond acceptors (Lipinski definition) is 6. The lowest BCUT2D eigenvalue weighted by molar-refractivity contribution is 0.116. The van der Waals surface area contributed by atoms with E-state index in [9.17, 15) is 0 Å². The van der Waals surface area contributed by atoms with Gasteiger partial charge < -0.3 is 9.47 Å². The van der Waals surface area contributed by atoms with Crippen molar-refractivity contribution < 1.29 is 9.47 Å². The minimum absolute atomic E-state index is 0.508. The largest absolute Gasteiger partial charge is 0.388 e. The summed E-state index contributed by atoms with van der Waals surface area (Å²) in [5.74, 6) is 0.527. The predicted octanol–water partition coefficient (Wildman–Crippen LogP) is 4.21. The van der Waals surface area contributed by atoms with Crippen LogP contribution < -0.4 is 4.74 Å². The summed E-state index contributed by atoms with van der Waals surface area (Å²) < 4.78 is 10.5. The molecule has 126 valence electrons. The number of benzene rings is 1. The SMILES string of the molecule is N#COc1ccc(-c2nc(COCCCc3ccccn3)cs2)cc1. The van der Waals surface area contributed by atoms with Gasteiger partial charge in [0.15, 0.2) is 0 Å². The molecule has 0 aliphatic rings. The molecule has 2 heterocycles. The smallest absolute Gasteiger partial charge is 0.292 e. The van der Waals surface area contributed by atoms with Crippen LogP contribution >= 0.6 is 11.3 Å². The minimum atomic E-state index is 0.508. The third-order valence-corrected chi connectivity index (χ3v) is 4.45. The first kappa shape index (κ1) is 17.1. The number of rotatable bonds is 8. The lowest BCUT2D eigenvalue weighted by Crippen LogP contribution is -1.98. The molecular weight excluding hydrogens is 334 g/mol. The summed E-state index contributed by atoms with van der Waals surface area (Å²) in [6.07, 6.45) is 5.32. The highest BCUT2D eigenvalue weighted by molar-refractivity contribution is 7.13. The van der Waals surface area contributed by atoms with Gasteiger partial charge in [-0.05, 0) is 49.2 Å². The molecule has 0 N–H and O–H groups in total. The number of hydrogen-bond donors (Lipinski definition) is 0. The van der Waals surface area contributed by atoms with Crippen LogP contribution in [0.25, 0.3) is 10.6 Å². The zero-order chi connectivity index (χ0) is 17.3. The number of pyridine rings is 1. The van der Waals surface area contributed by atoms with Crippen molar-refractivity contribution >= 4 is 11.3 Å². The molecule has 0 unspecified atom stereocenters. The number of nitrogens with zero attached hydrogens (tertiary/aromatic N) is 3. The third-order valence-electron chi connectivity index (χ3n) is 3.51. The van der Waals surface area contributed by atoms with Crippen LogP contribution in [0.15, 0.2) is 54.0 Å². The monoisotopic (exact) mass is 351 g/mol. The van der Waals surface area contributed by atoms with E-state index in [0.29, 0.717) is 19.0 Å². The molecule has 3 aromatic rings. The molecule has 0 aliphatic heterocycles. The summed E-state index contributed by atoms with van der Waals surface area (Å²) in [6.45, 7) is 1.19. The van der Waals surface area contributed by atoms with Gasteiger partial charge >= 0.3 is 0 Å². The normalized spacial score (nSPS) is 10.4. The molecule has 2 aromatic heterocycles. The maximum Gasteiger partial charge on any atom is 0.292 e. The van der Waals surface area contributed by atoms with E-state index < -0.39 is 0 Å². The molecule has 0 aliphatic carbocycles. The highest BCUT2D eigenvalue weighted by Crippen LogP contribution is 2.26. The van der Waals surface area contributed by atoms with Crippen LogP contribution in [-0.4, -0.2) is 16.6 Å². The van der Waals surface area contributed by atoms with Gasteiger partial charge in [0.2, 0.25) is 0 Å². The highest BCUT2D eigenvalue weighted by atomic mass is 32.1. The Morgan fingerprint density at radius 1 is 1.08 bits per heavy atom. The van der Waals surface area contributed by atoms with Crippen LogP contribution in [0.4, 0.5) is 0 Å². The Morgan fingerprint density at radius 3 is 2.72 bits per heavy atom. The van der Waals surface area contributed by atoms with Crippen molar-refractivity contribution in [3.05, 3.63) is 65.4 Å². The highest BCUT2D eigenvalue weighted by Gasteiger charge is 2.05. The van der Waals surface area contributed by atoms with E-state index in [0.717, 1.165) is 34.8 Å². The molecule has 3 rings (SSSR count). The fourth-order valence-electron chi connectivity index (χ4n) is 2.30. The molecule has 0 spiro atoms. The zero-order valence-electron chi connectivity index (χ0n) is 13.6. The van der Waals surface area contributed by atoms with Gasteiger partial charge in [-0.3, -0.25) is 4.98 Å². The molecule has 0 radical (unpaired) electrons. The first-order chi connectivity index (χ1) is 12.3. The molecule has 0 amide bonds. The summed E-state index contributed by atoms with van der Waals surface area (Å²) in [6, 6.07) is 13.2. The molecule has 0 saturated carbocycles. The Hall–Kier alpha value is -2.75. The molecular formula is C19H17N3O2S. The van der Waals surface area contributed by atoms with Gasteiger partial charge in [-0.1, -0.05) is 6.07 Å². The molecule has 0 bridgehead atoms. The summed E-state index contributed by atoms with van der Waals surface area (Å²) in [5, 5.41) is 11.4. The van der Waals surface area contributed by atoms with Gasteiger partial charge in [0, 0.05) is 29.4 Å². The van der Waals surface area contributed by atoms with Crippen molar-refractivity contribution in [3.63, 3.8) is 0 Å². The fraction of sp³-hybridized carbons (Fsp3) is 0.211. The van der Waals surface area contributed by atoms with Gasteiger partial charge in [-0.15, -0.1) is 16.6 Å². The van der Waals surface area contributed by atoms with Gasteiger partial charge in [0.05, 0.1) is 12.3 Å². The Kier molecular flexibility index (Phi) is 6.10. The molecule has 5 nitrogen and oxygen atoms in total. The topological polar surface area (TPSA) is 68.0 Å². The van der Waals surface area contributed by atoms with E-state index in [1.54, 1.807) is 29.7 Å². The number of nitriles is 1. The molecule has 6 heteroatoms. The molecule has 25 heavy (non-hydrogen) atoms. The average molecular weight is 351 g/mol. The van der Waals surface area contributed by atoms with Gasteiger partial charge in [-0.25, -0.2) is 4.98 Å². The molecule has 0 saturated heterocycles. The van der Waals surface area contributed by atoms with E-state index in [2.05, 4.69) is 9.97 Å². The fourth-order valence-corrected chi connectivity index (χ4v) is 3.11. The molecule has 0 atom stereocenters. The van der Waals surface area contributed by atoms with E-state index in [1.807, 2.05) is 41.9 Å². The van der Waals surface area contributed by atoms with Crippen molar-refractivity contribution in [2.45, 2.75) is 19.4 Å². The van der Waals surface area contributed by atoms with Crippen LogP contribution in [-0.2, 0) is 17.8 Å². The first-order valence-electron chi connectivity index (χ1n) is 7.93. The summed E-state index contributed by atoms with van der Waals surface area (Å²) >= 11 is 1.58. The second kappa shape index (κ2) is 8.92. The van der Waals surface area contributed by atoms with Gasteiger partial charge in [-0.2, -0.15) is 0 Å². The first-order valence-corrected chi connectivity index (χ1v) is 8.81. The van der Waals surface area contributed by atoms with E-state index in [1.165, 1.54) is 0 Å². The summed E-state index contributed by atoms with van der Waals surface area (Å²) in [5.41, 5.74) is 3.01. The van der Waals surface area contributed by atoms with Crippen molar-refractivity contribution in [1.82, 2.24) is 9.97 Å². The van der Waals surface area contributed by atoms with E-state index in [4.69, 9.17) is 14.7 Å². The Balaban J connectivity index is 1.44. The predicted molar refractivity (Wildman–Crippen MR) is 96.0 cm³/mol. The quantitative estimate of drug-likeness (QED) is 0.449. The van der Waals surface area contributed by atoms with Crippen molar-refractivity contribution in [1.29, 1.82) is 5.26 Å². The second-order valence-electron chi connectivity index (χ2n) is 5.34. The van der Waals surface area contributed by atoms with Crippen molar-refractivity contribution in [3.8, 4) is 22.6 Å². The lowest BCUT2D eigenvalue weighted by Gasteiger charge is -2.02. The van der Waals surface area contributed by atoms with Crippen molar-refractivity contribution in [2.24, 2.45) is 0 Å². The van der Waals surface area contributed by atoms with E-state index >= 15 is 0 Å². The number of thiazole rings is 1. The standard InChI is InChI=1S/C19H17N3O2S/c20-14-24-18-8-6-15(7-9-18)19-22-17(13-25-19)12-23-11-3-5-16-4-1-2-10-21-16/h1-2,4,6-10,13H,3,5,11-12H2. The Labute approximate surface area is 150 Å². The summed E-state index contributed by atoms with van der Waals surface area (Å²) in [4.78, 5) is 8.88. The van der Waals surface area contributed by atoms with Crippen LogP contribution in [0, 0.1) is 11.5 Å². The van der Waals surface area contributed by atoms with Gasteiger partial charge in [0.25, 0.3) is 6.26 Å². The average Bonchev–Trinajstić information content (AvgIpc) is 3.12. The van der Waals surface area contributed by atoms with Crippen LogP contribution in [0.1, 0.15) is 17.8 Å².